The molecule has 0 saturated carbocycles. The molecular weight excluding hydrogens is 373 g/mol. The van der Waals surface area contributed by atoms with Crippen LogP contribution in [0.15, 0.2) is 24.3 Å². The molecule has 1 aliphatic heterocycles. The van der Waals surface area contributed by atoms with Crippen molar-refractivity contribution < 1.29 is 14.0 Å². The molecule has 1 aromatic carbocycles. The Hall–Kier alpha value is -2.74. The molecule has 1 aliphatic rings. The summed E-state index contributed by atoms with van der Waals surface area (Å²) in [5.41, 5.74) is 1.18. The van der Waals surface area contributed by atoms with Gasteiger partial charge in [0, 0.05) is 32.2 Å². The molecular formula is C21H28FN5O2. The summed E-state index contributed by atoms with van der Waals surface area (Å²) in [6.07, 6.45) is 0. The number of hydrogen-bond acceptors (Lipinski definition) is 4. The first-order chi connectivity index (χ1) is 13.6. The molecule has 2 N–H and O–H groups in total. The fourth-order valence-electron chi connectivity index (χ4n) is 3.54. The van der Waals surface area contributed by atoms with Crippen LogP contribution >= 0.6 is 0 Å². The standard InChI is InChI=1S/C21H28FN5O2/c1-21(2,3)17(20(29)23-4)25-19(28)16-15-12-26(5)9-10-27(15)18(24-16)13-7-6-8-14(22)11-13/h6-8,11,17H,9-10,12H2,1-5H3,(H,23,29)(H,25,28)/t17-/m1/s1. The normalized spacial score (nSPS) is 15.5. The lowest BCUT2D eigenvalue weighted by atomic mass is 9.86. The third kappa shape index (κ3) is 4.32. The number of likely N-dealkylation sites (N-methyl/N-ethyl adjacent to an activating group) is 2. The van der Waals surface area contributed by atoms with Crippen LogP contribution in [-0.2, 0) is 17.9 Å². The molecule has 0 unspecified atom stereocenters. The van der Waals surface area contributed by atoms with Crippen molar-refractivity contribution in [3.8, 4) is 11.4 Å². The lowest BCUT2D eigenvalue weighted by Gasteiger charge is -2.30. The minimum Gasteiger partial charge on any atom is -0.357 e. The summed E-state index contributed by atoms with van der Waals surface area (Å²) in [4.78, 5) is 32.2. The molecule has 0 saturated heterocycles. The molecule has 2 amide bonds. The Morgan fingerprint density at radius 2 is 1.97 bits per heavy atom. The summed E-state index contributed by atoms with van der Waals surface area (Å²) >= 11 is 0. The second kappa shape index (κ2) is 7.94. The number of amides is 2. The van der Waals surface area contributed by atoms with Crippen LogP contribution in [0.2, 0.25) is 0 Å². The highest BCUT2D eigenvalue weighted by atomic mass is 19.1. The van der Waals surface area contributed by atoms with E-state index in [-0.39, 0.29) is 17.4 Å². The summed E-state index contributed by atoms with van der Waals surface area (Å²) in [7, 11) is 3.52. The number of fused-ring (bicyclic) bond motifs is 1. The highest BCUT2D eigenvalue weighted by molar-refractivity contribution is 5.97. The van der Waals surface area contributed by atoms with E-state index in [0.29, 0.717) is 24.5 Å². The average Bonchev–Trinajstić information content (AvgIpc) is 3.03. The van der Waals surface area contributed by atoms with E-state index in [1.807, 2.05) is 32.4 Å². The first-order valence-corrected chi connectivity index (χ1v) is 9.68. The Morgan fingerprint density at radius 3 is 2.59 bits per heavy atom. The number of nitrogens with one attached hydrogen (secondary N) is 2. The van der Waals surface area contributed by atoms with Crippen molar-refractivity contribution in [3.63, 3.8) is 0 Å². The third-order valence-electron chi connectivity index (χ3n) is 5.15. The zero-order chi connectivity index (χ0) is 21.3. The van der Waals surface area contributed by atoms with Gasteiger partial charge in [-0.3, -0.25) is 14.5 Å². The topological polar surface area (TPSA) is 79.3 Å². The Morgan fingerprint density at radius 1 is 1.24 bits per heavy atom. The average molecular weight is 401 g/mol. The molecule has 1 atom stereocenters. The van der Waals surface area contributed by atoms with Gasteiger partial charge in [0.05, 0.1) is 5.69 Å². The number of nitrogens with zero attached hydrogens (tertiary/aromatic N) is 3. The molecule has 3 rings (SSSR count). The van der Waals surface area contributed by atoms with E-state index >= 15 is 0 Å². The lowest BCUT2D eigenvalue weighted by molar-refractivity contribution is -0.124. The Bertz CT molecular complexity index is 932. The maximum atomic E-state index is 13.8. The van der Waals surface area contributed by atoms with Gasteiger partial charge in [0.25, 0.3) is 5.91 Å². The summed E-state index contributed by atoms with van der Waals surface area (Å²) in [6.45, 7) is 7.67. The predicted octanol–water partition coefficient (Wildman–Crippen LogP) is 2.03. The van der Waals surface area contributed by atoms with Gasteiger partial charge in [-0.1, -0.05) is 32.9 Å². The minimum absolute atomic E-state index is 0.263. The Kier molecular flexibility index (Phi) is 5.75. The van der Waals surface area contributed by atoms with Crippen LogP contribution in [0.3, 0.4) is 0 Å². The molecule has 2 heterocycles. The van der Waals surface area contributed by atoms with E-state index < -0.39 is 17.4 Å². The van der Waals surface area contributed by atoms with Gasteiger partial charge in [-0.2, -0.15) is 0 Å². The van der Waals surface area contributed by atoms with Crippen molar-refractivity contribution in [3.05, 3.63) is 41.5 Å². The van der Waals surface area contributed by atoms with E-state index in [9.17, 15) is 14.0 Å². The first-order valence-electron chi connectivity index (χ1n) is 9.68. The van der Waals surface area contributed by atoms with Gasteiger partial charge in [-0.05, 0) is 24.6 Å². The number of benzene rings is 1. The van der Waals surface area contributed by atoms with E-state index in [2.05, 4.69) is 20.5 Å². The number of imidazole rings is 1. The third-order valence-corrected chi connectivity index (χ3v) is 5.15. The molecule has 0 aliphatic carbocycles. The van der Waals surface area contributed by atoms with E-state index in [1.54, 1.807) is 19.2 Å². The second-order valence-electron chi connectivity index (χ2n) is 8.52. The summed E-state index contributed by atoms with van der Waals surface area (Å²) in [5.74, 6) is -0.465. The van der Waals surface area contributed by atoms with Crippen LogP contribution in [0.5, 0.6) is 0 Å². The van der Waals surface area contributed by atoms with Crippen molar-refractivity contribution in [2.45, 2.75) is 39.9 Å². The quantitative estimate of drug-likeness (QED) is 0.822. The van der Waals surface area contributed by atoms with Crippen LogP contribution in [0, 0.1) is 11.2 Å². The highest BCUT2D eigenvalue weighted by Gasteiger charge is 2.34. The Labute approximate surface area is 170 Å². The van der Waals surface area contributed by atoms with Gasteiger partial charge in [-0.15, -0.1) is 0 Å². The monoisotopic (exact) mass is 401 g/mol. The smallest absolute Gasteiger partial charge is 0.272 e. The lowest BCUT2D eigenvalue weighted by Crippen LogP contribution is -2.53. The highest BCUT2D eigenvalue weighted by Crippen LogP contribution is 2.27. The van der Waals surface area contributed by atoms with Crippen molar-refractivity contribution in [2.24, 2.45) is 5.41 Å². The minimum atomic E-state index is -0.712. The van der Waals surface area contributed by atoms with Gasteiger partial charge >= 0.3 is 0 Å². The van der Waals surface area contributed by atoms with Crippen LogP contribution < -0.4 is 10.6 Å². The summed E-state index contributed by atoms with van der Waals surface area (Å²) < 4.78 is 15.7. The number of rotatable bonds is 4. The van der Waals surface area contributed by atoms with Gasteiger partial charge in [-0.25, -0.2) is 9.37 Å². The molecule has 1 aromatic heterocycles. The zero-order valence-corrected chi connectivity index (χ0v) is 17.5. The number of halogens is 1. The second-order valence-corrected chi connectivity index (χ2v) is 8.52. The van der Waals surface area contributed by atoms with Gasteiger partial charge in [0.15, 0.2) is 5.69 Å². The fraction of sp³-hybridized carbons (Fsp3) is 0.476. The molecule has 7 nitrogen and oxygen atoms in total. The summed E-state index contributed by atoms with van der Waals surface area (Å²) in [5, 5.41) is 5.45. The molecule has 0 spiro atoms. The Balaban J connectivity index is 2.02. The fourth-order valence-corrected chi connectivity index (χ4v) is 3.54. The van der Waals surface area contributed by atoms with E-state index in [1.165, 1.54) is 12.1 Å². The van der Waals surface area contributed by atoms with Crippen molar-refractivity contribution >= 4 is 11.8 Å². The molecule has 29 heavy (non-hydrogen) atoms. The van der Waals surface area contributed by atoms with Crippen molar-refractivity contribution in [1.82, 2.24) is 25.1 Å². The van der Waals surface area contributed by atoms with Crippen LogP contribution in [-0.4, -0.2) is 52.9 Å². The van der Waals surface area contributed by atoms with Gasteiger partial charge in [0.2, 0.25) is 5.91 Å². The number of aromatic nitrogens is 2. The molecule has 0 bridgehead atoms. The molecule has 0 fully saturated rings. The predicted molar refractivity (Wildman–Crippen MR) is 109 cm³/mol. The van der Waals surface area contributed by atoms with Gasteiger partial charge in [0.1, 0.15) is 17.7 Å². The molecule has 0 radical (unpaired) electrons. The molecule has 156 valence electrons. The largest absolute Gasteiger partial charge is 0.357 e. The number of carbonyl (C=O) groups is 2. The number of hydrogen-bond donors (Lipinski definition) is 2. The van der Waals surface area contributed by atoms with Gasteiger partial charge < -0.3 is 15.2 Å². The van der Waals surface area contributed by atoms with Crippen molar-refractivity contribution in [2.75, 3.05) is 20.6 Å². The van der Waals surface area contributed by atoms with E-state index in [0.717, 1.165) is 12.2 Å². The van der Waals surface area contributed by atoms with Crippen LogP contribution in [0.25, 0.3) is 11.4 Å². The van der Waals surface area contributed by atoms with Crippen molar-refractivity contribution in [1.29, 1.82) is 0 Å². The molecule has 2 aromatic rings. The first kappa shape index (κ1) is 21.0. The van der Waals surface area contributed by atoms with E-state index in [4.69, 9.17) is 0 Å². The summed E-state index contributed by atoms with van der Waals surface area (Å²) in [6, 6.07) is 5.49. The maximum absolute atomic E-state index is 13.8. The SMILES string of the molecule is CNC(=O)[C@@H](NC(=O)c1nc(-c2cccc(F)c2)n2c1CN(C)CC2)C(C)(C)C. The number of carbonyl (C=O) groups excluding carboxylic acids is 2. The maximum Gasteiger partial charge on any atom is 0.272 e. The van der Waals surface area contributed by atoms with Crippen LogP contribution in [0.4, 0.5) is 4.39 Å². The zero-order valence-electron chi connectivity index (χ0n) is 17.5. The van der Waals surface area contributed by atoms with Crippen LogP contribution in [0.1, 0.15) is 37.0 Å². The molecule has 8 heteroatoms.